The molecule has 2 aliphatic rings. The average Bonchev–Trinajstić information content (AvgIpc) is 3.26. The number of aliphatic hydroxyl groups excluding tert-OH is 1. The third kappa shape index (κ3) is 5.72. The van der Waals surface area contributed by atoms with Crippen LogP contribution in [0.15, 0.2) is 108 Å². The molecule has 1 saturated heterocycles. The van der Waals surface area contributed by atoms with E-state index in [1.165, 1.54) is 9.80 Å². The number of carbonyl (C=O) groups excluding carboxylic acids is 2. The van der Waals surface area contributed by atoms with Crippen LogP contribution in [0.4, 0.5) is 0 Å². The van der Waals surface area contributed by atoms with Crippen molar-refractivity contribution in [1.29, 1.82) is 0 Å². The summed E-state index contributed by atoms with van der Waals surface area (Å²) in [6, 6.07) is 32.8. The van der Waals surface area contributed by atoms with Crippen molar-refractivity contribution in [2.45, 2.75) is 43.5 Å². The Labute approximate surface area is 243 Å². The molecule has 4 aromatic carbocycles. The van der Waals surface area contributed by atoms with Crippen molar-refractivity contribution in [2.75, 3.05) is 5.75 Å². The normalized spacial score (nSPS) is 22.1. The predicted molar refractivity (Wildman–Crippen MR) is 157 cm³/mol. The van der Waals surface area contributed by atoms with Gasteiger partial charge >= 0.3 is 0 Å². The first-order valence-corrected chi connectivity index (χ1v) is 14.7. The maximum absolute atomic E-state index is 12.8. The highest BCUT2D eigenvalue weighted by Gasteiger charge is 2.39. The second kappa shape index (κ2) is 12.0. The maximum Gasteiger partial charge on any atom is 0.261 e. The fourth-order valence-electron chi connectivity index (χ4n) is 5.35. The molecule has 6 nitrogen and oxygen atoms in total. The van der Waals surface area contributed by atoms with Gasteiger partial charge in [-0.05, 0) is 41.0 Å². The van der Waals surface area contributed by atoms with Crippen LogP contribution in [0.5, 0.6) is 0 Å². The molecule has 41 heavy (non-hydrogen) atoms. The lowest BCUT2D eigenvalue weighted by Crippen LogP contribution is -2.38. The van der Waals surface area contributed by atoms with Gasteiger partial charge in [-0.15, -0.1) is 11.8 Å². The van der Waals surface area contributed by atoms with Gasteiger partial charge in [0, 0.05) is 22.1 Å². The molecule has 7 heteroatoms. The summed E-state index contributed by atoms with van der Waals surface area (Å²) in [5, 5.41) is 9.49. The van der Waals surface area contributed by atoms with Crippen LogP contribution in [-0.2, 0) is 22.6 Å². The quantitative estimate of drug-likeness (QED) is 0.193. The number of nitrogens with zero attached hydrogens (tertiary/aromatic N) is 1. The van der Waals surface area contributed by atoms with Crippen LogP contribution in [0.25, 0.3) is 0 Å². The maximum atomic E-state index is 12.8. The molecule has 0 radical (unpaired) electrons. The average molecular weight is 566 g/mol. The summed E-state index contributed by atoms with van der Waals surface area (Å²) in [6.45, 7) is 2.35. The molecule has 2 amide bonds. The Hall–Kier alpha value is -3.75. The summed E-state index contributed by atoms with van der Waals surface area (Å²) < 4.78 is 13.1. The van der Waals surface area contributed by atoms with Crippen molar-refractivity contribution in [3.63, 3.8) is 0 Å². The number of carbonyl (C=O) groups is 2. The van der Waals surface area contributed by atoms with Gasteiger partial charge in [-0.25, -0.2) is 0 Å². The number of amides is 2. The van der Waals surface area contributed by atoms with Gasteiger partial charge < -0.3 is 14.6 Å². The first kappa shape index (κ1) is 27.4. The van der Waals surface area contributed by atoms with E-state index in [1.807, 2.05) is 66.7 Å². The fourth-order valence-corrected chi connectivity index (χ4v) is 6.44. The molecule has 0 saturated carbocycles. The van der Waals surface area contributed by atoms with E-state index in [4.69, 9.17) is 9.47 Å². The van der Waals surface area contributed by atoms with Crippen LogP contribution in [0.1, 0.15) is 62.3 Å². The van der Waals surface area contributed by atoms with E-state index in [0.717, 1.165) is 28.0 Å². The molecular weight excluding hydrogens is 534 g/mol. The molecule has 0 spiro atoms. The van der Waals surface area contributed by atoms with E-state index in [0.29, 0.717) is 11.1 Å². The predicted octanol–water partition coefficient (Wildman–Crippen LogP) is 6.56. The zero-order valence-electron chi connectivity index (χ0n) is 22.7. The summed E-state index contributed by atoms with van der Waals surface area (Å²) in [6.07, 6.45) is -0.844. The van der Waals surface area contributed by atoms with Crippen molar-refractivity contribution >= 4 is 23.6 Å². The minimum absolute atomic E-state index is 0.00348. The molecule has 6 rings (SSSR count). The number of aliphatic hydroxyl groups is 1. The van der Waals surface area contributed by atoms with Crippen LogP contribution < -0.4 is 0 Å². The highest BCUT2D eigenvalue weighted by Crippen LogP contribution is 2.43. The molecule has 0 unspecified atom stereocenters. The van der Waals surface area contributed by atoms with E-state index in [2.05, 4.69) is 19.1 Å². The van der Waals surface area contributed by atoms with Gasteiger partial charge in [0.15, 0.2) is 6.29 Å². The van der Waals surface area contributed by atoms with Gasteiger partial charge in [0.25, 0.3) is 11.8 Å². The first-order valence-electron chi connectivity index (χ1n) is 13.7. The molecule has 1 N–H and O–H groups in total. The van der Waals surface area contributed by atoms with Gasteiger partial charge in [-0.2, -0.15) is 0 Å². The molecule has 2 heterocycles. The SMILES string of the molecule is C[C@@H]1[C@H](CSc2ccccc2)O[C@H](c2ccc(CN3C(=O)c4ccccc4C3=O)cc2)O[C@@H]1c1ccc(CO)cc1. The number of rotatable bonds is 8. The van der Waals surface area contributed by atoms with E-state index in [-0.39, 0.29) is 43.1 Å². The number of fused-ring (bicyclic) bond motifs is 1. The Bertz CT molecular complexity index is 1490. The van der Waals surface area contributed by atoms with Gasteiger partial charge in [0.2, 0.25) is 0 Å². The molecule has 4 aromatic rings. The van der Waals surface area contributed by atoms with E-state index >= 15 is 0 Å². The first-order chi connectivity index (χ1) is 20.0. The van der Waals surface area contributed by atoms with Crippen LogP contribution >= 0.6 is 11.8 Å². The monoisotopic (exact) mass is 565 g/mol. The van der Waals surface area contributed by atoms with Crippen LogP contribution in [0.3, 0.4) is 0 Å². The molecule has 0 aliphatic carbocycles. The molecule has 1 fully saturated rings. The number of benzene rings is 4. The number of thioether (sulfide) groups is 1. The summed E-state index contributed by atoms with van der Waals surface area (Å²) >= 11 is 1.76. The van der Waals surface area contributed by atoms with E-state index < -0.39 is 6.29 Å². The lowest BCUT2D eigenvalue weighted by atomic mass is 9.91. The summed E-state index contributed by atoms with van der Waals surface area (Å²) in [7, 11) is 0. The Morgan fingerprint density at radius 1 is 0.732 bits per heavy atom. The number of hydrogen-bond donors (Lipinski definition) is 1. The largest absolute Gasteiger partial charge is 0.392 e. The zero-order chi connectivity index (χ0) is 28.3. The minimum atomic E-state index is -0.580. The van der Waals surface area contributed by atoms with Gasteiger partial charge in [-0.3, -0.25) is 14.5 Å². The second-order valence-corrected chi connectivity index (χ2v) is 11.5. The van der Waals surface area contributed by atoms with Gasteiger partial charge in [0.1, 0.15) is 0 Å². The topological polar surface area (TPSA) is 76.1 Å². The smallest absolute Gasteiger partial charge is 0.261 e. The molecule has 2 aliphatic heterocycles. The summed E-state index contributed by atoms with van der Waals surface area (Å²) in [5.41, 5.74) is 4.51. The van der Waals surface area contributed by atoms with Crippen molar-refractivity contribution < 1.29 is 24.2 Å². The molecule has 0 aromatic heterocycles. The van der Waals surface area contributed by atoms with E-state index in [9.17, 15) is 14.7 Å². The number of imide groups is 1. The highest BCUT2D eigenvalue weighted by molar-refractivity contribution is 7.99. The Morgan fingerprint density at radius 3 is 1.95 bits per heavy atom. The van der Waals surface area contributed by atoms with Crippen LogP contribution in [-0.4, -0.2) is 33.7 Å². The highest BCUT2D eigenvalue weighted by atomic mass is 32.2. The molecule has 0 bridgehead atoms. The fraction of sp³-hybridized carbons (Fsp3) is 0.235. The number of ether oxygens (including phenoxy) is 2. The second-order valence-electron chi connectivity index (χ2n) is 10.4. The third-order valence-electron chi connectivity index (χ3n) is 7.75. The molecule has 208 valence electrons. The zero-order valence-corrected chi connectivity index (χ0v) is 23.5. The third-order valence-corrected chi connectivity index (χ3v) is 8.85. The van der Waals surface area contributed by atoms with Crippen molar-refractivity contribution in [3.05, 3.63) is 137 Å². The lowest BCUT2D eigenvalue weighted by Gasteiger charge is -2.41. The standard InChI is InChI=1S/C34H31NO5S/c1-22-30(21-41-27-7-3-2-4-8-27)39-34(40-31(22)25-15-13-24(20-36)14-16-25)26-17-11-23(12-18-26)19-35-32(37)28-9-5-6-10-29(28)33(35)38/h2-18,22,30-31,34,36H,19-21H2,1H3/t22-,30+,31+,34+/m1/s1. The Balaban J connectivity index is 1.21. The Kier molecular flexibility index (Phi) is 8.03. The van der Waals surface area contributed by atoms with Crippen molar-refractivity contribution in [3.8, 4) is 0 Å². The van der Waals surface area contributed by atoms with Crippen LogP contribution in [0.2, 0.25) is 0 Å². The molecule has 4 atom stereocenters. The lowest BCUT2D eigenvalue weighted by molar-refractivity contribution is -0.268. The molecular formula is C34H31NO5S. The summed E-state index contributed by atoms with van der Waals surface area (Å²) in [5.74, 6) is 0.331. The minimum Gasteiger partial charge on any atom is -0.392 e. The van der Waals surface area contributed by atoms with Gasteiger partial charge in [0.05, 0.1) is 36.5 Å². The van der Waals surface area contributed by atoms with Gasteiger partial charge in [-0.1, -0.05) is 85.8 Å². The summed E-state index contributed by atoms with van der Waals surface area (Å²) in [4.78, 5) is 28.1. The van der Waals surface area contributed by atoms with E-state index in [1.54, 1.807) is 36.0 Å². The number of hydrogen-bond acceptors (Lipinski definition) is 6. The Morgan fingerprint density at radius 2 is 1.32 bits per heavy atom. The van der Waals surface area contributed by atoms with Crippen molar-refractivity contribution in [1.82, 2.24) is 4.90 Å². The van der Waals surface area contributed by atoms with Crippen molar-refractivity contribution in [2.24, 2.45) is 5.92 Å². The van der Waals surface area contributed by atoms with Crippen LogP contribution in [0, 0.1) is 5.92 Å².